The van der Waals surface area contributed by atoms with E-state index in [4.69, 9.17) is 0 Å². The molecule has 0 aliphatic rings. The predicted octanol–water partition coefficient (Wildman–Crippen LogP) is 3.50. The van der Waals surface area contributed by atoms with E-state index >= 15 is 0 Å². The first kappa shape index (κ1) is 14.0. The molecule has 1 rings (SSSR count). The van der Waals surface area contributed by atoms with Gasteiger partial charge in [0.05, 0.1) is 6.10 Å². The highest BCUT2D eigenvalue weighted by molar-refractivity contribution is 5.55. The zero-order valence-corrected chi connectivity index (χ0v) is 11.1. The second-order valence-corrected chi connectivity index (χ2v) is 4.60. The molecule has 0 saturated carbocycles. The summed E-state index contributed by atoms with van der Waals surface area (Å²) in [4.78, 5) is 2.04. The molecular formula is C14H22FNO. The van der Waals surface area contributed by atoms with E-state index in [-0.39, 0.29) is 5.82 Å². The third kappa shape index (κ3) is 3.19. The molecule has 0 aliphatic carbocycles. The SMILES string of the molecule is CCCC(C)N(C)c1cccc(F)c1[C@@H](C)O. The smallest absolute Gasteiger partial charge is 0.131 e. The molecule has 1 unspecified atom stereocenters. The lowest BCUT2D eigenvalue weighted by atomic mass is 10.0. The van der Waals surface area contributed by atoms with Crippen LogP contribution < -0.4 is 4.90 Å². The maximum atomic E-state index is 13.7. The molecular weight excluding hydrogens is 217 g/mol. The van der Waals surface area contributed by atoms with Crippen LogP contribution in [0.3, 0.4) is 0 Å². The van der Waals surface area contributed by atoms with Crippen LogP contribution in [-0.2, 0) is 0 Å². The Balaban J connectivity index is 3.08. The number of nitrogens with zero attached hydrogens (tertiary/aromatic N) is 1. The molecule has 1 aromatic carbocycles. The Kier molecular flexibility index (Phi) is 4.94. The largest absolute Gasteiger partial charge is 0.389 e. The molecule has 1 aromatic rings. The van der Waals surface area contributed by atoms with Crippen molar-refractivity contribution in [2.45, 2.75) is 45.8 Å². The normalized spacial score (nSPS) is 14.5. The number of aliphatic hydroxyl groups is 1. The number of halogens is 1. The summed E-state index contributed by atoms with van der Waals surface area (Å²) in [6.45, 7) is 5.84. The van der Waals surface area contributed by atoms with E-state index in [0.717, 1.165) is 18.5 Å². The van der Waals surface area contributed by atoms with Crippen molar-refractivity contribution in [1.29, 1.82) is 0 Å². The molecule has 0 radical (unpaired) electrons. The Morgan fingerprint density at radius 1 is 1.35 bits per heavy atom. The molecule has 0 aliphatic heterocycles. The minimum atomic E-state index is -0.789. The van der Waals surface area contributed by atoms with E-state index in [1.54, 1.807) is 13.0 Å². The third-order valence-electron chi connectivity index (χ3n) is 3.20. The number of benzene rings is 1. The second-order valence-electron chi connectivity index (χ2n) is 4.60. The van der Waals surface area contributed by atoms with Crippen LogP contribution in [0.4, 0.5) is 10.1 Å². The van der Waals surface area contributed by atoms with Crippen LogP contribution in [0.5, 0.6) is 0 Å². The van der Waals surface area contributed by atoms with Gasteiger partial charge in [-0.3, -0.25) is 0 Å². The summed E-state index contributed by atoms with van der Waals surface area (Å²) >= 11 is 0. The van der Waals surface area contributed by atoms with E-state index in [9.17, 15) is 9.50 Å². The molecule has 0 heterocycles. The van der Waals surface area contributed by atoms with Gasteiger partial charge in [0.25, 0.3) is 0 Å². The van der Waals surface area contributed by atoms with Gasteiger partial charge >= 0.3 is 0 Å². The lowest BCUT2D eigenvalue weighted by molar-refractivity contribution is 0.194. The van der Waals surface area contributed by atoms with Crippen LogP contribution >= 0.6 is 0 Å². The van der Waals surface area contributed by atoms with E-state index < -0.39 is 6.10 Å². The van der Waals surface area contributed by atoms with E-state index in [2.05, 4.69) is 13.8 Å². The van der Waals surface area contributed by atoms with Crippen LogP contribution in [0, 0.1) is 5.82 Å². The maximum Gasteiger partial charge on any atom is 0.131 e. The summed E-state index contributed by atoms with van der Waals surface area (Å²) in [5.74, 6) is -0.340. The highest BCUT2D eigenvalue weighted by atomic mass is 19.1. The third-order valence-corrected chi connectivity index (χ3v) is 3.20. The van der Waals surface area contributed by atoms with Gasteiger partial charge in [-0.15, -0.1) is 0 Å². The molecule has 17 heavy (non-hydrogen) atoms. The minimum Gasteiger partial charge on any atom is -0.389 e. The molecule has 0 aromatic heterocycles. The van der Waals surface area contributed by atoms with Crippen LogP contribution in [0.25, 0.3) is 0 Å². The quantitative estimate of drug-likeness (QED) is 0.850. The lowest BCUT2D eigenvalue weighted by Gasteiger charge is -2.29. The molecule has 2 nitrogen and oxygen atoms in total. The number of hydrogen-bond donors (Lipinski definition) is 1. The van der Waals surface area contributed by atoms with Crippen molar-refractivity contribution < 1.29 is 9.50 Å². The first-order valence-electron chi connectivity index (χ1n) is 6.18. The number of rotatable bonds is 5. The van der Waals surface area contributed by atoms with Crippen molar-refractivity contribution in [1.82, 2.24) is 0 Å². The van der Waals surface area contributed by atoms with Crippen LogP contribution in [0.15, 0.2) is 18.2 Å². The molecule has 96 valence electrons. The summed E-state index contributed by atoms with van der Waals surface area (Å²) in [6.07, 6.45) is 1.35. The Labute approximate surface area is 103 Å². The first-order chi connectivity index (χ1) is 7.99. The highest BCUT2D eigenvalue weighted by Crippen LogP contribution is 2.29. The fourth-order valence-corrected chi connectivity index (χ4v) is 2.10. The Hall–Kier alpha value is -1.09. The van der Waals surface area contributed by atoms with Crippen molar-refractivity contribution in [2.75, 3.05) is 11.9 Å². The zero-order valence-electron chi connectivity index (χ0n) is 11.1. The van der Waals surface area contributed by atoms with Gasteiger partial charge in [-0.05, 0) is 32.4 Å². The van der Waals surface area contributed by atoms with E-state index in [1.807, 2.05) is 18.0 Å². The van der Waals surface area contributed by atoms with Gasteiger partial charge in [-0.2, -0.15) is 0 Å². The molecule has 2 atom stereocenters. The lowest BCUT2D eigenvalue weighted by Crippen LogP contribution is -2.30. The predicted molar refractivity (Wildman–Crippen MR) is 69.8 cm³/mol. The second kappa shape index (κ2) is 6.01. The maximum absolute atomic E-state index is 13.7. The zero-order chi connectivity index (χ0) is 13.0. The Morgan fingerprint density at radius 2 is 2.00 bits per heavy atom. The molecule has 1 N–H and O–H groups in total. The van der Waals surface area contributed by atoms with Crippen LogP contribution in [-0.4, -0.2) is 18.2 Å². The summed E-state index contributed by atoms with van der Waals surface area (Å²) < 4.78 is 13.7. The monoisotopic (exact) mass is 239 g/mol. The minimum absolute atomic E-state index is 0.333. The van der Waals surface area contributed by atoms with Crippen molar-refractivity contribution in [3.8, 4) is 0 Å². The van der Waals surface area contributed by atoms with Gasteiger partial charge in [0, 0.05) is 24.3 Å². The molecule has 0 fully saturated rings. The number of anilines is 1. The van der Waals surface area contributed by atoms with Gasteiger partial charge in [-0.1, -0.05) is 19.4 Å². The molecule has 0 bridgehead atoms. The Bertz CT molecular complexity index is 365. The standard InChI is InChI=1S/C14H22FNO/c1-5-7-10(2)16(4)13-9-6-8-12(15)14(13)11(3)17/h6,8-11,17H,5,7H2,1-4H3/t10?,11-/m1/s1. The molecule has 0 amide bonds. The van der Waals surface area contributed by atoms with Crippen molar-refractivity contribution in [3.05, 3.63) is 29.6 Å². The van der Waals surface area contributed by atoms with E-state index in [0.29, 0.717) is 11.6 Å². The van der Waals surface area contributed by atoms with Crippen LogP contribution in [0.1, 0.15) is 45.3 Å². The van der Waals surface area contributed by atoms with Crippen molar-refractivity contribution in [2.24, 2.45) is 0 Å². The fourth-order valence-electron chi connectivity index (χ4n) is 2.10. The highest BCUT2D eigenvalue weighted by Gasteiger charge is 2.18. The summed E-state index contributed by atoms with van der Waals surface area (Å²) in [7, 11) is 1.95. The summed E-state index contributed by atoms with van der Waals surface area (Å²) in [5.41, 5.74) is 1.17. The summed E-state index contributed by atoms with van der Waals surface area (Å²) in [5, 5.41) is 9.68. The first-order valence-corrected chi connectivity index (χ1v) is 6.18. The van der Waals surface area contributed by atoms with Gasteiger partial charge in [0.15, 0.2) is 0 Å². The molecule has 3 heteroatoms. The van der Waals surface area contributed by atoms with Gasteiger partial charge < -0.3 is 10.0 Å². The average Bonchev–Trinajstić information content (AvgIpc) is 2.27. The van der Waals surface area contributed by atoms with Crippen molar-refractivity contribution in [3.63, 3.8) is 0 Å². The summed E-state index contributed by atoms with van der Waals surface area (Å²) in [6, 6.07) is 5.27. The van der Waals surface area contributed by atoms with Crippen molar-refractivity contribution >= 4 is 5.69 Å². The Morgan fingerprint density at radius 3 is 2.53 bits per heavy atom. The topological polar surface area (TPSA) is 23.5 Å². The molecule has 0 saturated heterocycles. The van der Waals surface area contributed by atoms with Gasteiger partial charge in [0.1, 0.15) is 5.82 Å². The average molecular weight is 239 g/mol. The fraction of sp³-hybridized carbons (Fsp3) is 0.571. The van der Waals surface area contributed by atoms with Gasteiger partial charge in [-0.25, -0.2) is 4.39 Å². The van der Waals surface area contributed by atoms with Crippen LogP contribution in [0.2, 0.25) is 0 Å². The number of aliphatic hydroxyl groups excluding tert-OH is 1. The molecule has 0 spiro atoms. The van der Waals surface area contributed by atoms with Gasteiger partial charge in [0.2, 0.25) is 0 Å². The van der Waals surface area contributed by atoms with E-state index in [1.165, 1.54) is 6.07 Å². The number of hydrogen-bond acceptors (Lipinski definition) is 2.